The summed E-state index contributed by atoms with van der Waals surface area (Å²) in [6.45, 7) is -0.577. The van der Waals surface area contributed by atoms with Gasteiger partial charge in [-0.05, 0) is 47.7 Å². The van der Waals surface area contributed by atoms with E-state index in [4.69, 9.17) is 5.11 Å². The van der Waals surface area contributed by atoms with Gasteiger partial charge in [0.15, 0.2) is 0 Å². The molecule has 1 aliphatic heterocycles. The predicted octanol–water partition coefficient (Wildman–Crippen LogP) is 2.90. The number of hydrogen-bond acceptors (Lipinski definition) is 6. The van der Waals surface area contributed by atoms with E-state index in [1.807, 2.05) is 0 Å². The van der Waals surface area contributed by atoms with Crippen LogP contribution in [0.25, 0.3) is 6.08 Å². The van der Waals surface area contributed by atoms with E-state index in [-0.39, 0.29) is 16.2 Å². The molecular weight excluding hydrogens is 403 g/mol. The molecule has 2 aromatic carbocycles. The van der Waals surface area contributed by atoms with Crippen LogP contribution >= 0.6 is 11.8 Å². The summed E-state index contributed by atoms with van der Waals surface area (Å²) in [5.41, 5.74) is 0.158. The second-order valence-electron chi connectivity index (χ2n) is 5.91. The van der Waals surface area contributed by atoms with Gasteiger partial charge in [-0.15, -0.1) is 0 Å². The molecule has 8 nitrogen and oxygen atoms in total. The summed E-state index contributed by atoms with van der Waals surface area (Å²) in [6.07, 6.45) is 1.36. The average Bonchev–Trinajstić information content (AvgIpc) is 2.89. The van der Waals surface area contributed by atoms with Crippen LogP contribution in [0.4, 0.5) is 14.9 Å². The number of nitrogens with one attached hydrogen (secondary N) is 1. The highest BCUT2D eigenvalue weighted by molar-refractivity contribution is 8.18. The minimum Gasteiger partial charge on any atom is -0.507 e. The Kier molecular flexibility index (Phi) is 5.64. The molecule has 0 atom stereocenters. The third kappa shape index (κ3) is 4.61. The van der Waals surface area contributed by atoms with E-state index >= 15 is 0 Å². The third-order valence-electron chi connectivity index (χ3n) is 3.83. The molecule has 0 unspecified atom stereocenters. The monoisotopic (exact) mass is 416 g/mol. The van der Waals surface area contributed by atoms with Crippen LogP contribution in [-0.4, -0.2) is 44.7 Å². The Labute approximate surface area is 167 Å². The number of aromatic hydroxyl groups is 1. The largest absolute Gasteiger partial charge is 0.507 e. The van der Waals surface area contributed by atoms with Crippen LogP contribution in [0.15, 0.2) is 47.4 Å². The van der Waals surface area contributed by atoms with E-state index in [9.17, 15) is 28.7 Å². The van der Waals surface area contributed by atoms with Crippen LogP contribution in [0.5, 0.6) is 5.75 Å². The number of imide groups is 1. The third-order valence-corrected chi connectivity index (χ3v) is 4.74. The maximum Gasteiger partial charge on any atom is 0.339 e. The summed E-state index contributed by atoms with van der Waals surface area (Å²) < 4.78 is 13.3. The van der Waals surface area contributed by atoms with Crippen molar-refractivity contribution in [2.45, 2.75) is 0 Å². The number of benzene rings is 2. The molecule has 1 aliphatic rings. The van der Waals surface area contributed by atoms with E-state index in [0.717, 1.165) is 17.0 Å². The van der Waals surface area contributed by atoms with Gasteiger partial charge in [0, 0.05) is 11.8 Å². The van der Waals surface area contributed by atoms with Crippen LogP contribution in [0.2, 0.25) is 0 Å². The van der Waals surface area contributed by atoms with Crippen LogP contribution < -0.4 is 5.32 Å². The predicted molar refractivity (Wildman–Crippen MR) is 103 cm³/mol. The van der Waals surface area contributed by atoms with Gasteiger partial charge in [-0.3, -0.25) is 19.3 Å². The summed E-state index contributed by atoms with van der Waals surface area (Å²) in [5, 5.41) is 20.2. The Morgan fingerprint density at radius 1 is 1.17 bits per heavy atom. The van der Waals surface area contributed by atoms with Crippen LogP contribution in [-0.2, 0) is 9.59 Å². The van der Waals surface area contributed by atoms with Crippen LogP contribution in [0.1, 0.15) is 15.9 Å². The van der Waals surface area contributed by atoms with E-state index in [2.05, 4.69) is 5.32 Å². The van der Waals surface area contributed by atoms with Crippen molar-refractivity contribution in [3.05, 3.63) is 64.3 Å². The SMILES string of the molecule is O=C(CN1C(=O)SC(=Cc2cccc(F)c2)C1=O)Nc1ccc(C(=O)O)c(O)c1. The topological polar surface area (TPSA) is 124 Å². The first-order valence-electron chi connectivity index (χ1n) is 8.11. The number of thioether (sulfide) groups is 1. The molecule has 1 heterocycles. The Hall–Kier alpha value is -3.66. The van der Waals surface area contributed by atoms with Gasteiger partial charge in [-0.2, -0.15) is 0 Å². The molecule has 0 spiro atoms. The lowest BCUT2D eigenvalue weighted by molar-refractivity contribution is -0.127. The Morgan fingerprint density at radius 2 is 1.93 bits per heavy atom. The maximum atomic E-state index is 13.3. The number of amides is 3. The Morgan fingerprint density at radius 3 is 2.59 bits per heavy atom. The summed E-state index contributed by atoms with van der Waals surface area (Å²) >= 11 is 0.629. The highest BCUT2D eigenvalue weighted by Crippen LogP contribution is 2.32. The van der Waals surface area contributed by atoms with E-state index < -0.39 is 41.1 Å². The zero-order valence-electron chi connectivity index (χ0n) is 14.6. The number of halogens is 1. The lowest BCUT2D eigenvalue weighted by atomic mass is 10.2. The Bertz CT molecular complexity index is 1070. The smallest absolute Gasteiger partial charge is 0.339 e. The lowest BCUT2D eigenvalue weighted by Crippen LogP contribution is -2.36. The molecule has 10 heteroatoms. The number of nitrogens with zero attached hydrogens (tertiary/aromatic N) is 1. The molecule has 148 valence electrons. The van der Waals surface area contributed by atoms with Gasteiger partial charge in [-0.1, -0.05) is 12.1 Å². The fraction of sp³-hybridized carbons (Fsp3) is 0.0526. The quantitative estimate of drug-likeness (QED) is 0.640. The molecule has 0 radical (unpaired) electrons. The minimum atomic E-state index is -1.33. The van der Waals surface area contributed by atoms with E-state index in [1.54, 1.807) is 6.07 Å². The number of anilines is 1. The first-order chi connectivity index (χ1) is 13.7. The second kappa shape index (κ2) is 8.15. The van der Waals surface area contributed by atoms with Crippen molar-refractivity contribution < 1.29 is 33.8 Å². The molecule has 1 saturated heterocycles. The number of carboxylic acids is 1. The highest BCUT2D eigenvalue weighted by atomic mass is 32.2. The second-order valence-corrected chi connectivity index (χ2v) is 6.90. The molecule has 3 N–H and O–H groups in total. The molecular formula is C19H13FN2O6S. The number of carboxylic acid groups (broad SMARTS) is 1. The van der Waals surface area contributed by atoms with Gasteiger partial charge in [0.2, 0.25) is 5.91 Å². The average molecular weight is 416 g/mol. The lowest BCUT2D eigenvalue weighted by Gasteiger charge is -2.13. The van der Waals surface area contributed by atoms with Crippen LogP contribution in [0, 0.1) is 5.82 Å². The van der Waals surface area contributed by atoms with Crippen molar-refractivity contribution in [1.29, 1.82) is 0 Å². The number of rotatable bonds is 5. The van der Waals surface area contributed by atoms with Gasteiger partial charge in [0.1, 0.15) is 23.7 Å². The van der Waals surface area contributed by atoms with Crippen molar-refractivity contribution >= 4 is 46.5 Å². The van der Waals surface area contributed by atoms with Crippen molar-refractivity contribution in [2.75, 3.05) is 11.9 Å². The number of hydrogen-bond donors (Lipinski definition) is 3. The van der Waals surface area contributed by atoms with Crippen molar-refractivity contribution in [2.24, 2.45) is 0 Å². The molecule has 0 aliphatic carbocycles. The van der Waals surface area contributed by atoms with Crippen molar-refractivity contribution in [1.82, 2.24) is 4.90 Å². The van der Waals surface area contributed by atoms with Crippen molar-refractivity contribution in [3.63, 3.8) is 0 Å². The first-order valence-corrected chi connectivity index (χ1v) is 8.93. The summed E-state index contributed by atoms with van der Waals surface area (Å²) in [6, 6.07) is 8.88. The number of carbonyl (C=O) groups excluding carboxylic acids is 3. The first kappa shape index (κ1) is 20.1. The normalized spacial score (nSPS) is 15.1. The number of aromatic carboxylic acids is 1. The summed E-state index contributed by atoms with van der Waals surface area (Å²) in [5.74, 6) is -3.78. The number of phenols is 1. The highest BCUT2D eigenvalue weighted by Gasteiger charge is 2.36. The van der Waals surface area contributed by atoms with Gasteiger partial charge >= 0.3 is 5.97 Å². The van der Waals surface area contributed by atoms with E-state index in [0.29, 0.717) is 17.3 Å². The fourth-order valence-electron chi connectivity index (χ4n) is 2.52. The molecule has 0 bridgehead atoms. The Balaban J connectivity index is 1.69. The standard InChI is InChI=1S/C19H13FN2O6S/c20-11-3-1-2-10(6-11)7-15-17(25)22(19(28)29-15)9-16(24)21-12-4-5-13(18(26)27)14(23)8-12/h1-8,23H,9H2,(H,21,24)(H,26,27). The molecule has 1 fully saturated rings. The molecule has 0 aromatic heterocycles. The minimum absolute atomic E-state index is 0.0526. The van der Waals surface area contributed by atoms with Gasteiger partial charge in [-0.25, -0.2) is 9.18 Å². The fourth-order valence-corrected chi connectivity index (χ4v) is 3.36. The molecule has 3 rings (SSSR count). The molecule has 3 amide bonds. The summed E-state index contributed by atoms with van der Waals surface area (Å²) in [4.78, 5) is 48.3. The zero-order chi connectivity index (χ0) is 21.1. The zero-order valence-corrected chi connectivity index (χ0v) is 15.4. The molecule has 2 aromatic rings. The van der Waals surface area contributed by atoms with Gasteiger partial charge < -0.3 is 15.5 Å². The van der Waals surface area contributed by atoms with Crippen molar-refractivity contribution in [3.8, 4) is 5.75 Å². The summed E-state index contributed by atoms with van der Waals surface area (Å²) in [7, 11) is 0. The molecule has 29 heavy (non-hydrogen) atoms. The van der Waals surface area contributed by atoms with Gasteiger partial charge in [0.05, 0.1) is 4.91 Å². The molecule has 0 saturated carbocycles. The van der Waals surface area contributed by atoms with E-state index in [1.165, 1.54) is 30.3 Å². The number of carbonyl (C=O) groups is 4. The maximum absolute atomic E-state index is 13.3. The van der Waals surface area contributed by atoms with Gasteiger partial charge in [0.25, 0.3) is 11.1 Å². The van der Waals surface area contributed by atoms with Crippen LogP contribution in [0.3, 0.4) is 0 Å².